The van der Waals surface area contributed by atoms with Crippen LogP contribution < -0.4 is 10.1 Å². The van der Waals surface area contributed by atoms with E-state index < -0.39 is 5.91 Å². The lowest BCUT2D eigenvalue weighted by Crippen LogP contribution is -2.11. The van der Waals surface area contributed by atoms with Crippen LogP contribution >= 0.6 is 11.3 Å². The fraction of sp³-hybridized carbons (Fsp3) is 0.100. The molecule has 0 atom stereocenters. The van der Waals surface area contributed by atoms with Crippen molar-refractivity contribution in [2.24, 2.45) is 0 Å². The number of nitrogens with one attached hydrogen (secondary N) is 1. The molecule has 17 heavy (non-hydrogen) atoms. The Morgan fingerprint density at radius 2 is 2.35 bits per heavy atom. The molecule has 1 heterocycles. The molecule has 1 amide bonds. The van der Waals surface area contributed by atoms with E-state index in [1.165, 1.54) is 36.1 Å². The number of methoxy groups -OCH3 is 1. The fourth-order valence-corrected chi connectivity index (χ4v) is 1.66. The summed E-state index contributed by atoms with van der Waals surface area (Å²) in [6.45, 7) is 0. The molecule has 0 radical (unpaired) electrons. The van der Waals surface area contributed by atoms with E-state index in [9.17, 15) is 9.90 Å². The van der Waals surface area contributed by atoms with E-state index in [4.69, 9.17) is 4.74 Å². The molecule has 2 rings (SSSR count). The number of benzene rings is 1. The second-order valence-corrected chi connectivity index (χ2v) is 3.91. The smallest absolute Gasteiger partial charge is 0.261 e. The molecule has 2 aromatic rings. The van der Waals surface area contributed by atoms with Crippen LogP contribution in [0.3, 0.4) is 0 Å². The van der Waals surface area contributed by atoms with E-state index in [1.807, 2.05) is 0 Å². The Morgan fingerprint density at radius 3 is 2.94 bits per heavy atom. The zero-order chi connectivity index (χ0) is 12.3. The third kappa shape index (κ3) is 2.51. The fourth-order valence-electron chi connectivity index (χ4n) is 1.22. The van der Waals surface area contributed by atoms with E-state index in [0.717, 1.165) is 0 Å². The van der Waals surface area contributed by atoms with Crippen molar-refractivity contribution in [1.29, 1.82) is 0 Å². The third-order valence-corrected chi connectivity index (χ3v) is 2.64. The summed E-state index contributed by atoms with van der Waals surface area (Å²) in [5, 5.41) is 19.8. The number of anilines is 1. The Balaban J connectivity index is 2.19. The minimum atomic E-state index is -0.443. The van der Waals surface area contributed by atoms with Crippen LogP contribution in [0.2, 0.25) is 0 Å². The Kier molecular flexibility index (Phi) is 3.20. The molecule has 0 fully saturated rings. The van der Waals surface area contributed by atoms with Crippen LogP contribution in [-0.2, 0) is 0 Å². The van der Waals surface area contributed by atoms with E-state index in [0.29, 0.717) is 10.9 Å². The summed E-state index contributed by atoms with van der Waals surface area (Å²) < 4.78 is 4.92. The summed E-state index contributed by atoms with van der Waals surface area (Å²) in [5.41, 5.74) is 1.66. The Labute approximate surface area is 101 Å². The number of ether oxygens (including phenoxy) is 1. The topological polar surface area (TPSA) is 84.3 Å². The predicted octanol–water partition coefficient (Wildman–Crippen LogP) is 1.50. The normalized spacial score (nSPS) is 9.94. The predicted molar refractivity (Wildman–Crippen MR) is 62.5 cm³/mol. The average Bonchev–Trinajstić information content (AvgIpc) is 2.81. The van der Waals surface area contributed by atoms with Gasteiger partial charge in [-0.15, -0.1) is 10.2 Å². The highest BCUT2D eigenvalue weighted by molar-refractivity contribution is 7.13. The van der Waals surface area contributed by atoms with Gasteiger partial charge in [-0.05, 0) is 12.1 Å². The first-order valence-electron chi connectivity index (χ1n) is 4.65. The van der Waals surface area contributed by atoms with Crippen LogP contribution in [0.25, 0.3) is 0 Å². The number of hydrogen-bond acceptors (Lipinski definition) is 6. The summed E-state index contributed by atoms with van der Waals surface area (Å²) in [7, 11) is 1.48. The van der Waals surface area contributed by atoms with Gasteiger partial charge in [-0.25, -0.2) is 0 Å². The van der Waals surface area contributed by atoms with E-state index in [2.05, 4.69) is 15.5 Å². The molecule has 7 heteroatoms. The van der Waals surface area contributed by atoms with Crippen molar-refractivity contribution < 1.29 is 14.6 Å². The lowest BCUT2D eigenvalue weighted by molar-refractivity contribution is 0.102. The Hall–Kier alpha value is -2.15. The minimum absolute atomic E-state index is 0.147. The van der Waals surface area contributed by atoms with Crippen molar-refractivity contribution >= 4 is 22.4 Å². The molecule has 1 aromatic carbocycles. The summed E-state index contributed by atoms with van der Waals surface area (Å²) in [6.07, 6.45) is 0. The van der Waals surface area contributed by atoms with Crippen LogP contribution in [0, 0.1) is 0 Å². The van der Waals surface area contributed by atoms with Gasteiger partial charge >= 0.3 is 0 Å². The van der Waals surface area contributed by atoms with Crippen LogP contribution in [0.1, 0.15) is 10.4 Å². The number of phenolic OH excluding ortho intramolecular Hbond substituents is 1. The van der Waals surface area contributed by atoms with Crippen LogP contribution in [0.5, 0.6) is 11.5 Å². The molecular weight excluding hydrogens is 242 g/mol. The molecule has 0 aliphatic carbocycles. The van der Waals surface area contributed by atoms with Gasteiger partial charge in [-0.1, -0.05) is 11.3 Å². The number of carbonyl (C=O) groups is 1. The molecule has 0 saturated heterocycles. The Morgan fingerprint density at radius 1 is 1.53 bits per heavy atom. The van der Waals surface area contributed by atoms with Crippen molar-refractivity contribution in [3.8, 4) is 11.5 Å². The third-order valence-electron chi connectivity index (χ3n) is 2.03. The lowest BCUT2D eigenvalue weighted by atomic mass is 10.2. The van der Waals surface area contributed by atoms with Crippen molar-refractivity contribution in [2.45, 2.75) is 0 Å². The van der Waals surface area contributed by atoms with Gasteiger partial charge in [-0.3, -0.25) is 10.1 Å². The maximum atomic E-state index is 11.8. The molecule has 0 aliphatic rings. The van der Waals surface area contributed by atoms with Gasteiger partial charge in [-0.2, -0.15) is 0 Å². The van der Waals surface area contributed by atoms with Crippen molar-refractivity contribution in [3.05, 3.63) is 29.3 Å². The number of aromatic hydroxyl groups is 1. The molecule has 2 N–H and O–H groups in total. The number of carbonyl (C=O) groups excluding carboxylic acids is 1. The second-order valence-electron chi connectivity index (χ2n) is 3.08. The van der Waals surface area contributed by atoms with E-state index in [1.54, 1.807) is 6.07 Å². The molecule has 6 nitrogen and oxygen atoms in total. The quantitative estimate of drug-likeness (QED) is 0.863. The van der Waals surface area contributed by atoms with Crippen LogP contribution in [-0.4, -0.2) is 28.3 Å². The first-order valence-corrected chi connectivity index (χ1v) is 5.53. The molecule has 0 aliphatic heterocycles. The molecule has 88 valence electrons. The highest BCUT2D eigenvalue weighted by Crippen LogP contribution is 2.24. The SMILES string of the molecule is COc1ccc(C(=O)Nc2nncs2)c(O)c1. The highest BCUT2D eigenvalue weighted by atomic mass is 32.1. The summed E-state index contributed by atoms with van der Waals surface area (Å²) in [6, 6.07) is 4.44. The largest absolute Gasteiger partial charge is 0.507 e. The molecule has 0 bridgehead atoms. The monoisotopic (exact) mass is 251 g/mol. The first kappa shape index (κ1) is 11.3. The molecule has 0 spiro atoms. The van der Waals surface area contributed by atoms with E-state index >= 15 is 0 Å². The standard InChI is InChI=1S/C10H9N3O3S/c1-16-6-2-3-7(8(14)4-6)9(15)12-10-13-11-5-17-10/h2-5,14H,1H3,(H,12,13,15). The average molecular weight is 251 g/mol. The number of phenols is 1. The molecule has 1 aromatic heterocycles. The van der Waals surface area contributed by atoms with Gasteiger partial charge in [0, 0.05) is 6.07 Å². The summed E-state index contributed by atoms with van der Waals surface area (Å²) in [5.74, 6) is -0.108. The van der Waals surface area contributed by atoms with Crippen LogP contribution in [0.15, 0.2) is 23.7 Å². The van der Waals surface area contributed by atoms with Gasteiger partial charge in [0.05, 0.1) is 12.7 Å². The van der Waals surface area contributed by atoms with Gasteiger partial charge < -0.3 is 9.84 Å². The van der Waals surface area contributed by atoms with Gasteiger partial charge in [0.2, 0.25) is 5.13 Å². The number of amides is 1. The first-order chi connectivity index (χ1) is 8.20. The highest BCUT2D eigenvalue weighted by Gasteiger charge is 2.13. The number of aromatic nitrogens is 2. The van der Waals surface area contributed by atoms with E-state index in [-0.39, 0.29) is 11.3 Å². The van der Waals surface area contributed by atoms with Crippen molar-refractivity contribution in [2.75, 3.05) is 12.4 Å². The van der Waals surface area contributed by atoms with Gasteiger partial charge in [0.1, 0.15) is 17.0 Å². The lowest BCUT2D eigenvalue weighted by Gasteiger charge is -2.05. The maximum Gasteiger partial charge on any atom is 0.261 e. The molecule has 0 saturated carbocycles. The number of hydrogen-bond donors (Lipinski definition) is 2. The maximum absolute atomic E-state index is 11.8. The van der Waals surface area contributed by atoms with Crippen molar-refractivity contribution in [3.63, 3.8) is 0 Å². The minimum Gasteiger partial charge on any atom is -0.507 e. The van der Waals surface area contributed by atoms with Gasteiger partial charge in [0.25, 0.3) is 5.91 Å². The summed E-state index contributed by atoms with van der Waals surface area (Å²) >= 11 is 1.20. The zero-order valence-electron chi connectivity index (χ0n) is 8.88. The number of rotatable bonds is 3. The van der Waals surface area contributed by atoms with Gasteiger partial charge in [0.15, 0.2) is 0 Å². The second kappa shape index (κ2) is 4.79. The molecular formula is C10H9N3O3S. The number of nitrogens with zero attached hydrogens (tertiary/aromatic N) is 2. The summed E-state index contributed by atoms with van der Waals surface area (Å²) in [4.78, 5) is 11.8. The van der Waals surface area contributed by atoms with Crippen LogP contribution in [0.4, 0.5) is 5.13 Å². The zero-order valence-corrected chi connectivity index (χ0v) is 9.69. The van der Waals surface area contributed by atoms with Crippen molar-refractivity contribution in [1.82, 2.24) is 10.2 Å². The Bertz CT molecular complexity index is 528. The molecule has 0 unspecified atom stereocenters.